The second-order valence-corrected chi connectivity index (χ2v) is 10.6. The van der Waals surface area contributed by atoms with Crippen LogP contribution in [0.5, 0.6) is 0 Å². The molecule has 5 rings (SSSR count). The van der Waals surface area contributed by atoms with Crippen molar-refractivity contribution in [3.8, 4) is 0 Å². The van der Waals surface area contributed by atoms with Crippen molar-refractivity contribution in [3.05, 3.63) is 105 Å². The molecule has 3 aromatic rings. The molecule has 1 N–H and O–H groups in total. The Labute approximate surface area is 228 Å². The van der Waals surface area contributed by atoms with Gasteiger partial charge in [0.2, 0.25) is 17.1 Å². The van der Waals surface area contributed by atoms with Crippen LogP contribution in [0.15, 0.2) is 83.3 Å². The minimum absolute atomic E-state index is 0.0235. The highest BCUT2D eigenvalue weighted by atomic mass is 79.9. The van der Waals surface area contributed by atoms with Crippen molar-refractivity contribution < 1.29 is 29.2 Å². The summed E-state index contributed by atoms with van der Waals surface area (Å²) in [5.74, 6) is -3.72. The first-order valence-corrected chi connectivity index (χ1v) is 13.0. The number of nitrogens with zero attached hydrogens (tertiary/aromatic N) is 1. The lowest BCUT2D eigenvalue weighted by Crippen LogP contribution is -2.64. The summed E-state index contributed by atoms with van der Waals surface area (Å²) in [6.07, 6.45) is -0.247. The Balaban J connectivity index is 1.66. The maximum absolute atomic E-state index is 14.1. The predicted octanol–water partition coefficient (Wildman–Crippen LogP) is 4.98. The number of fused-ring (bicyclic) bond motifs is 1. The third-order valence-corrected chi connectivity index (χ3v) is 7.80. The molecular formula is C28H25BrClNO6. The molecular weight excluding hydrogens is 562 g/mol. The third-order valence-electron chi connectivity index (χ3n) is 7.02. The number of likely N-dealkylation sites (tertiary alicyclic amines) is 1. The lowest BCUT2D eigenvalue weighted by molar-refractivity contribution is -0.497. The summed E-state index contributed by atoms with van der Waals surface area (Å²) in [6, 6.07) is 23.5. The number of carbonyl (C=O) groups is 2. The zero-order valence-electron chi connectivity index (χ0n) is 20.0. The van der Waals surface area contributed by atoms with Gasteiger partial charge in [-0.05, 0) is 47.9 Å². The first-order chi connectivity index (χ1) is 17.7. The van der Waals surface area contributed by atoms with Crippen LogP contribution < -0.4 is 0 Å². The highest BCUT2D eigenvalue weighted by Gasteiger charge is 2.76. The standard InChI is InChI=1S/C28H25BrClNO6/c1-2-35-25(33)26-17-27(20-8-12-22(29)13-9-20,21-10-14-23(30)15-11-21)36-37-28(26,34)18-31(24(26)32)16-19-6-4-3-5-7-19/h3-15,34H,2,16-18H2,1H3/t26-,27?,28+/m1/s1. The van der Waals surface area contributed by atoms with Crippen LogP contribution in [-0.4, -0.2) is 40.8 Å². The topological polar surface area (TPSA) is 85.3 Å². The number of halogens is 2. The molecule has 192 valence electrons. The van der Waals surface area contributed by atoms with Crippen LogP contribution in [0.4, 0.5) is 0 Å². The average molecular weight is 587 g/mol. The van der Waals surface area contributed by atoms with E-state index in [-0.39, 0.29) is 26.1 Å². The summed E-state index contributed by atoms with van der Waals surface area (Å²) >= 11 is 9.60. The molecule has 9 heteroatoms. The van der Waals surface area contributed by atoms with Crippen LogP contribution in [0.2, 0.25) is 5.02 Å². The molecule has 3 aromatic carbocycles. The summed E-state index contributed by atoms with van der Waals surface area (Å²) in [5.41, 5.74) is -1.45. The van der Waals surface area contributed by atoms with Crippen LogP contribution in [-0.2, 0) is 36.2 Å². The Morgan fingerprint density at radius 3 is 2.27 bits per heavy atom. The highest BCUT2D eigenvalue weighted by molar-refractivity contribution is 9.10. The molecule has 0 saturated carbocycles. The lowest BCUT2D eigenvalue weighted by atomic mass is 9.67. The number of β-amino-alcohol motifs (C(OH)–C–C–N with tert-alkyl or cyclic N) is 1. The molecule has 1 amide bonds. The SMILES string of the molecule is CCOC(=O)[C@]12CC(c3ccc(Cl)cc3)(c3ccc(Br)cc3)OO[C@@]1(O)CN(Cc1ccccc1)C2=O. The second kappa shape index (κ2) is 9.85. The van der Waals surface area contributed by atoms with Gasteiger partial charge in [0, 0.05) is 22.5 Å². The predicted molar refractivity (Wildman–Crippen MR) is 139 cm³/mol. The number of rotatable bonds is 6. The molecule has 1 unspecified atom stereocenters. The van der Waals surface area contributed by atoms with Gasteiger partial charge in [0.1, 0.15) is 0 Å². The Bertz CT molecular complexity index is 1260. The Morgan fingerprint density at radius 1 is 1.03 bits per heavy atom. The van der Waals surface area contributed by atoms with E-state index in [1.165, 1.54) is 4.90 Å². The molecule has 0 aliphatic carbocycles. The van der Waals surface area contributed by atoms with Crippen LogP contribution >= 0.6 is 27.5 Å². The third kappa shape index (κ3) is 4.27. The number of benzene rings is 3. The largest absolute Gasteiger partial charge is 0.465 e. The van der Waals surface area contributed by atoms with Gasteiger partial charge < -0.3 is 14.7 Å². The Kier molecular flexibility index (Phi) is 6.89. The maximum atomic E-state index is 14.1. The van der Waals surface area contributed by atoms with E-state index in [9.17, 15) is 14.7 Å². The molecule has 37 heavy (non-hydrogen) atoms. The van der Waals surface area contributed by atoms with Crippen molar-refractivity contribution >= 4 is 39.4 Å². The van der Waals surface area contributed by atoms with E-state index in [1.807, 2.05) is 54.6 Å². The van der Waals surface area contributed by atoms with Gasteiger partial charge in [0.05, 0.1) is 13.2 Å². The highest BCUT2D eigenvalue weighted by Crippen LogP contribution is 2.57. The van der Waals surface area contributed by atoms with Gasteiger partial charge in [-0.25, -0.2) is 4.89 Å². The molecule has 7 nitrogen and oxygen atoms in total. The molecule has 2 aliphatic heterocycles. The maximum Gasteiger partial charge on any atom is 0.327 e. The van der Waals surface area contributed by atoms with E-state index in [1.54, 1.807) is 31.2 Å². The summed E-state index contributed by atoms with van der Waals surface area (Å²) in [7, 11) is 0. The van der Waals surface area contributed by atoms with Crippen molar-refractivity contribution in [1.82, 2.24) is 4.90 Å². The zero-order valence-corrected chi connectivity index (χ0v) is 22.4. The van der Waals surface area contributed by atoms with Crippen molar-refractivity contribution in [2.45, 2.75) is 31.3 Å². The lowest BCUT2D eigenvalue weighted by Gasteiger charge is -2.48. The van der Waals surface area contributed by atoms with Gasteiger partial charge in [-0.2, -0.15) is 4.89 Å². The van der Waals surface area contributed by atoms with Crippen molar-refractivity contribution in [1.29, 1.82) is 0 Å². The number of esters is 1. The summed E-state index contributed by atoms with van der Waals surface area (Å²) in [6.45, 7) is 1.58. The van der Waals surface area contributed by atoms with Crippen LogP contribution in [0.3, 0.4) is 0 Å². The van der Waals surface area contributed by atoms with Crippen molar-refractivity contribution in [2.24, 2.45) is 5.41 Å². The Morgan fingerprint density at radius 2 is 1.65 bits per heavy atom. The quantitative estimate of drug-likeness (QED) is 0.249. The molecule has 0 bridgehead atoms. The number of aliphatic hydroxyl groups is 1. The number of ether oxygens (including phenoxy) is 1. The summed E-state index contributed by atoms with van der Waals surface area (Å²) in [4.78, 5) is 41.0. The van der Waals surface area contributed by atoms with Crippen LogP contribution in [0, 0.1) is 5.41 Å². The van der Waals surface area contributed by atoms with Crippen LogP contribution in [0.1, 0.15) is 30.0 Å². The minimum Gasteiger partial charge on any atom is -0.465 e. The summed E-state index contributed by atoms with van der Waals surface area (Å²) in [5, 5.41) is 12.3. The van der Waals surface area contributed by atoms with E-state index < -0.39 is 28.7 Å². The zero-order chi connectivity index (χ0) is 26.3. The van der Waals surface area contributed by atoms with E-state index >= 15 is 0 Å². The minimum atomic E-state index is -2.27. The molecule has 0 spiro atoms. The average Bonchev–Trinajstić information content (AvgIpc) is 3.12. The van der Waals surface area contributed by atoms with Gasteiger partial charge in [-0.1, -0.05) is 82.1 Å². The number of hydrogen-bond acceptors (Lipinski definition) is 6. The van der Waals surface area contributed by atoms with E-state index in [0.29, 0.717) is 16.1 Å². The number of hydrogen-bond donors (Lipinski definition) is 1. The molecule has 2 saturated heterocycles. The fraction of sp³-hybridized carbons (Fsp3) is 0.286. The van der Waals surface area contributed by atoms with Gasteiger partial charge in [-0.15, -0.1) is 0 Å². The summed E-state index contributed by atoms with van der Waals surface area (Å²) < 4.78 is 6.25. The molecule has 0 radical (unpaired) electrons. The van der Waals surface area contributed by atoms with E-state index in [0.717, 1.165) is 10.0 Å². The van der Waals surface area contributed by atoms with Crippen molar-refractivity contribution in [2.75, 3.05) is 13.2 Å². The van der Waals surface area contributed by atoms with Crippen molar-refractivity contribution in [3.63, 3.8) is 0 Å². The normalized spacial score (nSPS) is 27.1. The number of carbonyl (C=O) groups excluding carboxylic acids is 2. The van der Waals surface area contributed by atoms with Gasteiger partial charge in [0.15, 0.2) is 5.60 Å². The number of amides is 1. The monoisotopic (exact) mass is 585 g/mol. The van der Waals surface area contributed by atoms with E-state index in [2.05, 4.69) is 15.9 Å². The fourth-order valence-electron chi connectivity index (χ4n) is 5.17. The fourth-order valence-corrected chi connectivity index (χ4v) is 5.56. The Hall–Kier alpha value is -2.75. The molecule has 3 atom stereocenters. The van der Waals surface area contributed by atoms with Gasteiger partial charge >= 0.3 is 5.97 Å². The molecule has 2 heterocycles. The van der Waals surface area contributed by atoms with Gasteiger partial charge in [-0.3, -0.25) is 9.59 Å². The smallest absolute Gasteiger partial charge is 0.327 e. The van der Waals surface area contributed by atoms with Gasteiger partial charge in [0.25, 0.3) is 0 Å². The first kappa shape index (κ1) is 25.9. The molecule has 0 aromatic heterocycles. The second-order valence-electron chi connectivity index (χ2n) is 9.24. The molecule has 2 fully saturated rings. The van der Waals surface area contributed by atoms with E-state index in [4.69, 9.17) is 26.1 Å². The first-order valence-electron chi connectivity index (χ1n) is 11.9. The molecule has 2 aliphatic rings. The van der Waals surface area contributed by atoms with Crippen LogP contribution in [0.25, 0.3) is 0 Å².